The lowest BCUT2D eigenvalue weighted by molar-refractivity contribution is -0.384. The first kappa shape index (κ1) is 76.8. The van der Waals surface area contributed by atoms with Gasteiger partial charge in [-0.05, 0) is 86.4 Å². The molecule has 0 aliphatic carbocycles. The summed E-state index contributed by atoms with van der Waals surface area (Å²) in [5.41, 5.74) is 13.1. The molecule has 5 nitrogen and oxygen atoms in total. The number of nitrogens with zero attached hydrogens (tertiary/aromatic N) is 1. The van der Waals surface area contributed by atoms with Crippen molar-refractivity contribution in [3.63, 3.8) is 0 Å². The van der Waals surface area contributed by atoms with Crippen molar-refractivity contribution in [1.82, 2.24) is 0 Å². The second-order valence-electron chi connectivity index (χ2n) is 18.9. The van der Waals surface area contributed by atoms with Crippen LogP contribution in [0.3, 0.4) is 0 Å². The predicted molar refractivity (Wildman–Crippen MR) is 374 cm³/mol. The number of nitro benzene ring substituents is 1. The van der Waals surface area contributed by atoms with E-state index < -0.39 is 14.0 Å². The molecule has 0 saturated heterocycles. The Kier molecular flexibility index (Phi) is 45.9. The molecule has 11 rings (SSSR count). The highest BCUT2D eigenvalue weighted by Crippen LogP contribution is 2.18. The fraction of sp³-hybridized carbons (Fsp3) is 0.139. The van der Waals surface area contributed by atoms with Gasteiger partial charge in [0.05, 0.1) is 9.82 Å². The van der Waals surface area contributed by atoms with Crippen LogP contribution in [0.1, 0.15) is 62.6 Å². The Hall–Kier alpha value is -9.20. The van der Waals surface area contributed by atoms with Gasteiger partial charge >= 0.3 is 0 Å². The molecule has 11 aromatic carbocycles. The van der Waals surface area contributed by atoms with E-state index in [-0.39, 0.29) is 10.6 Å². The highest BCUT2D eigenvalue weighted by molar-refractivity contribution is 8.13. The molecule has 0 saturated carbocycles. The Bertz CT molecular complexity index is 2810. The molecule has 0 atom stereocenters. The quantitative estimate of drug-likeness (QED) is 0.0764. The molecule has 448 valence electrons. The molecule has 0 aromatic heterocycles. The first-order valence-electron chi connectivity index (χ1n) is 28.3. The minimum Gasteiger partial charge on any atom is -0.258 e. The van der Waals surface area contributed by atoms with E-state index in [4.69, 9.17) is 10.7 Å². The molecule has 0 fully saturated rings. The number of rotatable bonds is 3. The fourth-order valence-electron chi connectivity index (χ4n) is 6.25. The predicted octanol–water partition coefficient (Wildman–Crippen LogP) is 22.5. The van der Waals surface area contributed by atoms with Gasteiger partial charge in [0, 0.05) is 22.8 Å². The summed E-state index contributed by atoms with van der Waals surface area (Å²) in [6.45, 7) is 26.9. The van der Waals surface area contributed by atoms with Gasteiger partial charge in [-0.2, -0.15) is 0 Å². The first-order chi connectivity index (χ1) is 41.4. The monoisotopic (exact) mass is 1180 g/mol. The van der Waals surface area contributed by atoms with Crippen LogP contribution in [-0.2, 0) is 15.5 Å². The number of halogens is 1. The summed E-state index contributed by atoms with van der Waals surface area (Å²) < 4.78 is 21.4. The molecule has 0 heterocycles. The summed E-state index contributed by atoms with van der Waals surface area (Å²) in [4.78, 5) is 9.41. The van der Waals surface area contributed by atoms with Crippen LogP contribution >= 0.6 is 10.7 Å². The van der Waals surface area contributed by atoms with Gasteiger partial charge in [-0.25, -0.2) is 8.42 Å². The van der Waals surface area contributed by atoms with E-state index in [1.54, 1.807) is 0 Å². The van der Waals surface area contributed by atoms with Gasteiger partial charge in [0.15, 0.2) is 0 Å². The number of non-ortho nitro benzene ring substituents is 1. The molecule has 11 aromatic rings. The summed E-state index contributed by atoms with van der Waals surface area (Å²) in [5, 5.41) is 10.2. The standard InChI is InChI=1S/C8H10.9C7H8.C6H4ClNO4S.C2H4/c1-2-8-6-4-3-5-7-8;9*1-7-5-3-2-4-6-7;7-13(11,12)6-3-1-5(2-4-6)8(9)10;1-2/h3-7H,2H2,1H3;9*2-6H,1H3;1-4H;1-2H2. The van der Waals surface area contributed by atoms with Crippen LogP contribution in [-0.4, -0.2) is 13.3 Å². The van der Waals surface area contributed by atoms with Crippen molar-refractivity contribution in [1.29, 1.82) is 0 Å². The SMILES string of the molecule is C=C.CCc1ccccc1.Cc1ccccc1.Cc1ccccc1.Cc1ccccc1.Cc1ccccc1.Cc1ccccc1.Cc1ccccc1.Cc1ccccc1.Cc1ccccc1.Cc1ccccc1.O=[N+]([O-])c1ccc(S(=O)(=O)Cl)cc1. The van der Waals surface area contributed by atoms with E-state index in [0.717, 1.165) is 30.7 Å². The molecule has 0 bridgehead atoms. The zero-order valence-corrected chi connectivity index (χ0v) is 53.7. The topological polar surface area (TPSA) is 77.3 Å². The van der Waals surface area contributed by atoms with Gasteiger partial charge in [-0.3, -0.25) is 10.1 Å². The van der Waals surface area contributed by atoms with Gasteiger partial charge < -0.3 is 0 Å². The van der Waals surface area contributed by atoms with Crippen molar-refractivity contribution in [2.24, 2.45) is 0 Å². The van der Waals surface area contributed by atoms with Gasteiger partial charge in [-0.1, -0.05) is 360 Å². The average Bonchev–Trinajstić information content (AvgIpc) is 3.71. The summed E-state index contributed by atoms with van der Waals surface area (Å²) in [6.07, 6.45) is 1.14. The van der Waals surface area contributed by atoms with E-state index in [0.29, 0.717) is 0 Å². The van der Waals surface area contributed by atoms with Gasteiger partial charge in [0.25, 0.3) is 14.7 Å². The molecule has 0 N–H and O–H groups in total. The fourth-order valence-corrected chi connectivity index (χ4v) is 7.02. The smallest absolute Gasteiger partial charge is 0.258 e. The Morgan fingerprint density at radius 3 is 0.547 bits per heavy atom. The molecular weight excluding hydrogens is 1090 g/mol. The summed E-state index contributed by atoms with van der Waals surface area (Å²) >= 11 is 0. The van der Waals surface area contributed by atoms with Crippen LogP contribution in [0.15, 0.2) is 346 Å². The lowest BCUT2D eigenvalue weighted by atomic mass is 10.2. The number of hydrogen-bond donors (Lipinski definition) is 0. The van der Waals surface area contributed by atoms with E-state index in [1.165, 1.54) is 55.6 Å². The second kappa shape index (κ2) is 51.4. The third kappa shape index (κ3) is 47.3. The van der Waals surface area contributed by atoms with E-state index in [2.05, 4.69) is 216 Å². The van der Waals surface area contributed by atoms with Crippen molar-refractivity contribution < 1.29 is 13.3 Å². The summed E-state index contributed by atoms with van der Waals surface area (Å²) in [5.74, 6) is 0. The van der Waals surface area contributed by atoms with Crippen LogP contribution in [0.4, 0.5) is 5.69 Å². The van der Waals surface area contributed by atoms with Crippen LogP contribution in [0, 0.1) is 72.4 Å². The molecule has 0 spiro atoms. The third-order valence-corrected chi connectivity index (χ3v) is 12.4. The van der Waals surface area contributed by atoms with Crippen LogP contribution in [0.5, 0.6) is 0 Å². The third-order valence-electron chi connectivity index (χ3n) is 11.0. The van der Waals surface area contributed by atoms with Gasteiger partial charge in [-0.15, -0.1) is 13.2 Å². The number of aryl methyl sites for hydroxylation is 10. The number of nitro groups is 1. The Morgan fingerprint density at radius 2 is 0.453 bits per heavy atom. The number of benzene rings is 11. The zero-order chi connectivity index (χ0) is 63.9. The number of hydrogen-bond acceptors (Lipinski definition) is 4. The van der Waals surface area contributed by atoms with E-state index in [1.807, 2.05) is 170 Å². The molecule has 0 amide bonds. The van der Waals surface area contributed by atoms with Gasteiger partial charge in [0.2, 0.25) is 0 Å². The molecule has 0 radical (unpaired) electrons. The molecule has 0 aliphatic rings. The van der Waals surface area contributed by atoms with Crippen molar-refractivity contribution in [2.45, 2.75) is 80.6 Å². The Balaban J connectivity index is 0.000000927. The normalized spacial score (nSPS) is 8.97. The van der Waals surface area contributed by atoms with Gasteiger partial charge in [0.1, 0.15) is 0 Å². The Morgan fingerprint density at radius 1 is 0.302 bits per heavy atom. The zero-order valence-electron chi connectivity index (χ0n) is 52.2. The Labute approximate surface area is 522 Å². The summed E-state index contributed by atoms with van der Waals surface area (Å²) in [6, 6.07) is 107. The van der Waals surface area contributed by atoms with Crippen LogP contribution in [0.25, 0.3) is 0 Å². The van der Waals surface area contributed by atoms with Crippen molar-refractivity contribution in [3.05, 3.63) is 406 Å². The maximum absolute atomic E-state index is 10.7. The first-order valence-corrected chi connectivity index (χ1v) is 30.6. The average molecular weight is 1190 g/mol. The molecule has 86 heavy (non-hydrogen) atoms. The maximum Gasteiger partial charge on any atom is 0.269 e. The minimum absolute atomic E-state index is 0.153. The second-order valence-corrected chi connectivity index (χ2v) is 21.5. The van der Waals surface area contributed by atoms with E-state index in [9.17, 15) is 18.5 Å². The molecular formula is C79H90ClNO4S. The molecule has 0 unspecified atom stereocenters. The lowest BCUT2D eigenvalue weighted by Crippen LogP contribution is -1.92. The highest BCUT2D eigenvalue weighted by atomic mass is 35.7. The van der Waals surface area contributed by atoms with Crippen LogP contribution in [0.2, 0.25) is 0 Å². The molecule has 7 heteroatoms. The minimum atomic E-state index is -3.80. The van der Waals surface area contributed by atoms with Crippen molar-refractivity contribution >= 4 is 25.4 Å². The largest absolute Gasteiger partial charge is 0.269 e. The summed E-state index contributed by atoms with van der Waals surface area (Å²) in [7, 11) is 1.20. The van der Waals surface area contributed by atoms with E-state index >= 15 is 0 Å². The maximum atomic E-state index is 10.7. The highest BCUT2D eigenvalue weighted by Gasteiger charge is 2.12. The van der Waals surface area contributed by atoms with Crippen molar-refractivity contribution in [2.75, 3.05) is 0 Å². The molecule has 0 aliphatic heterocycles. The lowest BCUT2D eigenvalue weighted by Gasteiger charge is -1.94. The van der Waals surface area contributed by atoms with Crippen LogP contribution < -0.4 is 0 Å². The van der Waals surface area contributed by atoms with Crippen molar-refractivity contribution in [3.8, 4) is 0 Å².